The van der Waals surface area contributed by atoms with Crippen molar-refractivity contribution in [2.24, 2.45) is 5.10 Å². The van der Waals surface area contributed by atoms with E-state index in [4.69, 9.17) is 21.1 Å². The molecule has 186 valence electrons. The third kappa shape index (κ3) is 5.27. The van der Waals surface area contributed by atoms with Crippen LogP contribution in [0, 0.1) is 0 Å². The molecule has 0 spiro atoms. The maximum atomic E-state index is 12.9. The van der Waals surface area contributed by atoms with Crippen LogP contribution < -0.4 is 19.8 Å². The number of carbonyl (C=O) groups is 2. The summed E-state index contributed by atoms with van der Waals surface area (Å²) in [4.78, 5) is 26.9. The molecule has 0 bridgehead atoms. The SMILES string of the molecule is CCOc1cc(/C=N/NC(=O)CN2C(=O)c3cccc4cccc2c34)ccc1OCc1cccc(Cl)c1. The molecule has 0 aliphatic carbocycles. The van der Waals surface area contributed by atoms with Gasteiger partial charge in [-0.1, -0.05) is 48.0 Å². The summed E-state index contributed by atoms with van der Waals surface area (Å²) in [7, 11) is 0. The molecule has 0 saturated heterocycles. The molecule has 4 aromatic rings. The topological polar surface area (TPSA) is 80.2 Å². The Morgan fingerprint density at radius 1 is 1.00 bits per heavy atom. The summed E-state index contributed by atoms with van der Waals surface area (Å²) in [5.41, 5.74) is 5.50. The highest BCUT2D eigenvalue weighted by Gasteiger charge is 2.30. The fourth-order valence-corrected chi connectivity index (χ4v) is 4.49. The zero-order valence-electron chi connectivity index (χ0n) is 20.1. The lowest BCUT2D eigenvalue weighted by Gasteiger charge is -2.16. The van der Waals surface area contributed by atoms with Gasteiger partial charge in [-0.15, -0.1) is 0 Å². The van der Waals surface area contributed by atoms with E-state index in [1.165, 1.54) is 11.1 Å². The van der Waals surface area contributed by atoms with E-state index >= 15 is 0 Å². The van der Waals surface area contributed by atoms with Gasteiger partial charge < -0.3 is 9.47 Å². The van der Waals surface area contributed by atoms with Crippen molar-refractivity contribution in [3.05, 3.63) is 101 Å². The predicted octanol–water partition coefficient (Wildman–Crippen LogP) is 5.58. The van der Waals surface area contributed by atoms with Crippen LogP contribution in [0.15, 0.2) is 84.0 Å². The highest BCUT2D eigenvalue weighted by Crippen LogP contribution is 2.36. The van der Waals surface area contributed by atoms with Crippen LogP contribution >= 0.6 is 11.6 Å². The average molecular weight is 514 g/mol. The van der Waals surface area contributed by atoms with E-state index in [0.717, 1.165) is 22.0 Å². The van der Waals surface area contributed by atoms with Crippen molar-refractivity contribution in [1.82, 2.24) is 5.43 Å². The van der Waals surface area contributed by atoms with Gasteiger partial charge in [-0.2, -0.15) is 5.10 Å². The number of nitrogens with one attached hydrogen (secondary N) is 1. The molecule has 37 heavy (non-hydrogen) atoms. The van der Waals surface area contributed by atoms with Crippen molar-refractivity contribution < 1.29 is 19.1 Å². The monoisotopic (exact) mass is 513 g/mol. The summed E-state index contributed by atoms with van der Waals surface area (Å²) in [6.45, 7) is 2.56. The number of amides is 2. The van der Waals surface area contributed by atoms with Crippen LogP contribution in [0.2, 0.25) is 5.02 Å². The second kappa shape index (κ2) is 10.7. The molecule has 1 aliphatic rings. The molecule has 2 amide bonds. The minimum absolute atomic E-state index is 0.134. The first-order valence-electron chi connectivity index (χ1n) is 11.8. The van der Waals surface area contributed by atoms with Gasteiger partial charge in [0.2, 0.25) is 0 Å². The molecule has 1 aliphatic heterocycles. The molecular formula is C29H24ClN3O4. The van der Waals surface area contributed by atoms with Crippen LogP contribution in [0.1, 0.15) is 28.4 Å². The number of rotatable bonds is 9. The van der Waals surface area contributed by atoms with Gasteiger partial charge in [0.05, 0.1) is 18.5 Å². The third-order valence-electron chi connectivity index (χ3n) is 5.90. The number of hydrazone groups is 1. The average Bonchev–Trinajstić information content (AvgIpc) is 3.16. The Bertz CT molecular complexity index is 1510. The number of ether oxygens (including phenoxy) is 2. The first kappa shape index (κ1) is 24.3. The summed E-state index contributed by atoms with van der Waals surface area (Å²) in [6.07, 6.45) is 1.52. The van der Waals surface area contributed by atoms with Gasteiger partial charge in [-0.3, -0.25) is 14.5 Å². The lowest BCUT2D eigenvalue weighted by molar-refractivity contribution is -0.119. The fraction of sp³-hybridized carbons (Fsp3) is 0.138. The molecule has 0 unspecified atom stereocenters. The summed E-state index contributed by atoms with van der Waals surface area (Å²) in [5.74, 6) is 0.555. The van der Waals surface area contributed by atoms with E-state index < -0.39 is 5.91 Å². The minimum Gasteiger partial charge on any atom is -0.490 e. The van der Waals surface area contributed by atoms with Crippen LogP contribution in [-0.2, 0) is 11.4 Å². The lowest BCUT2D eigenvalue weighted by atomic mass is 10.1. The van der Waals surface area contributed by atoms with Crippen molar-refractivity contribution in [1.29, 1.82) is 0 Å². The van der Waals surface area contributed by atoms with E-state index in [1.54, 1.807) is 18.2 Å². The standard InChI is InChI=1S/C29H24ClN3O4/c1-2-36-26-15-19(12-13-25(26)37-18-20-6-3-9-22(30)14-20)16-31-32-27(34)17-33-24-11-5-8-21-7-4-10-23(28(21)24)29(33)35/h3-16H,2,17-18H2,1H3,(H,32,34)/b31-16+. The quantitative estimate of drug-likeness (QED) is 0.234. The molecule has 7 nitrogen and oxygen atoms in total. The Morgan fingerprint density at radius 2 is 1.81 bits per heavy atom. The van der Waals surface area contributed by atoms with E-state index in [1.807, 2.05) is 67.6 Å². The van der Waals surface area contributed by atoms with Crippen LogP contribution in [0.25, 0.3) is 10.8 Å². The summed E-state index contributed by atoms with van der Waals surface area (Å²) in [6, 6.07) is 24.1. The molecule has 0 saturated carbocycles. The number of benzene rings is 4. The zero-order valence-corrected chi connectivity index (χ0v) is 20.9. The van der Waals surface area contributed by atoms with Crippen molar-refractivity contribution in [2.45, 2.75) is 13.5 Å². The van der Waals surface area contributed by atoms with Crippen molar-refractivity contribution in [2.75, 3.05) is 18.1 Å². The molecule has 8 heteroatoms. The van der Waals surface area contributed by atoms with Crippen molar-refractivity contribution >= 4 is 46.1 Å². The number of nitrogens with zero attached hydrogens (tertiary/aromatic N) is 2. The van der Waals surface area contributed by atoms with Crippen molar-refractivity contribution in [3.63, 3.8) is 0 Å². The number of hydrogen-bond acceptors (Lipinski definition) is 5. The van der Waals surface area contributed by atoms with Gasteiger partial charge in [-0.05, 0) is 65.9 Å². The molecule has 0 aromatic heterocycles. The van der Waals surface area contributed by atoms with Crippen LogP contribution in [0.5, 0.6) is 11.5 Å². The second-order valence-electron chi connectivity index (χ2n) is 8.42. The first-order chi connectivity index (χ1) is 18.0. The number of halogens is 1. The normalized spacial score (nSPS) is 12.4. The maximum absolute atomic E-state index is 12.9. The summed E-state index contributed by atoms with van der Waals surface area (Å²) >= 11 is 6.05. The number of hydrogen-bond donors (Lipinski definition) is 1. The molecule has 0 atom stereocenters. The van der Waals surface area contributed by atoms with E-state index in [2.05, 4.69) is 10.5 Å². The van der Waals surface area contributed by atoms with Crippen LogP contribution in [0.3, 0.4) is 0 Å². The molecule has 1 heterocycles. The van der Waals surface area contributed by atoms with Gasteiger partial charge in [0.25, 0.3) is 11.8 Å². The van der Waals surface area contributed by atoms with E-state index in [-0.39, 0.29) is 12.5 Å². The Hall–Kier alpha value is -4.36. The lowest BCUT2D eigenvalue weighted by Crippen LogP contribution is -2.37. The molecule has 5 rings (SSSR count). The van der Waals surface area contributed by atoms with Crippen LogP contribution in [-0.4, -0.2) is 31.2 Å². The van der Waals surface area contributed by atoms with Gasteiger partial charge in [0, 0.05) is 16.0 Å². The Kier molecular flexibility index (Phi) is 7.05. The number of carbonyl (C=O) groups excluding carboxylic acids is 2. The molecule has 0 radical (unpaired) electrons. The van der Waals surface area contributed by atoms with Gasteiger partial charge >= 0.3 is 0 Å². The minimum atomic E-state index is -0.402. The van der Waals surface area contributed by atoms with Gasteiger partial charge in [0.15, 0.2) is 11.5 Å². The highest BCUT2D eigenvalue weighted by atomic mass is 35.5. The number of anilines is 1. The maximum Gasteiger partial charge on any atom is 0.260 e. The van der Waals surface area contributed by atoms with Gasteiger partial charge in [0.1, 0.15) is 13.2 Å². The van der Waals surface area contributed by atoms with Gasteiger partial charge in [-0.25, -0.2) is 5.43 Å². The largest absolute Gasteiger partial charge is 0.490 e. The second-order valence-corrected chi connectivity index (χ2v) is 8.86. The Balaban J connectivity index is 1.22. The zero-order chi connectivity index (χ0) is 25.8. The highest BCUT2D eigenvalue weighted by molar-refractivity contribution is 6.30. The first-order valence-corrected chi connectivity index (χ1v) is 12.2. The molecule has 1 N–H and O–H groups in total. The third-order valence-corrected chi connectivity index (χ3v) is 6.14. The predicted molar refractivity (Wildman–Crippen MR) is 145 cm³/mol. The van der Waals surface area contributed by atoms with E-state index in [0.29, 0.717) is 40.9 Å². The summed E-state index contributed by atoms with van der Waals surface area (Å²) < 4.78 is 11.7. The Labute approximate surface area is 219 Å². The Morgan fingerprint density at radius 3 is 2.62 bits per heavy atom. The van der Waals surface area contributed by atoms with Crippen molar-refractivity contribution in [3.8, 4) is 11.5 Å². The molecule has 0 fully saturated rings. The fourth-order valence-electron chi connectivity index (χ4n) is 4.27. The smallest absolute Gasteiger partial charge is 0.260 e. The summed E-state index contributed by atoms with van der Waals surface area (Å²) in [5, 5.41) is 6.55. The van der Waals surface area contributed by atoms with E-state index in [9.17, 15) is 9.59 Å². The molecular weight excluding hydrogens is 490 g/mol. The molecule has 4 aromatic carbocycles. The van der Waals surface area contributed by atoms with Crippen LogP contribution in [0.4, 0.5) is 5.69 Å².